The molecule has 0 amide bonds. The van der Waals surface area contributed by atoms with Crippen LogP contribution in [0.25, 0.3) is 43.1 Å². The van der Waals surface area contributed by atoms with E-state index in [9.17, 15) is 0 Å². The summed E-state index contributed by atoms with van der Waals surface area (Å²) >= 11 is 0. The van der Waals surface area contributed by atoms with Gasteiger partial charge in [-0.15, -0.1) is 0 Å². The van der Waals surface area contributed by atoms with E-state index in [0.29, 0.717) is 0 Å². The lowest BCUT2D eigenvalue weighted by atomic mass is 9.87. The number of aryl methyl sites for hydroxylation is 2. The Balaban J connectivity index is 1.29. The number of fused-ring (bicyclic) bond motifs is 4. The predicted molar refractivity (Wildman–Crippen MR) is 289 cm³/mol. The fourth-order valence-corrected chi connectivity index (χ4v) is 10.1. The molecule has 11 aromatic carbocycles. The first-order chi connectivity index (χ1) is 32.7. The first kappa shape index (κ1) is 41.6. The van der Waals surface area contributed by atoms with E-state index in [1.165, 1.54) is 16.7 Å². The van der Waals surface area contributed by atoms with E-state index < -0.39 is 0 Å². The van der Waals surface area contributed by atoms with Crippen molar-refractivity contribution in [2.45, 2.75) is 40.0 Å². The fourth-order valence-electron chi connectivity index (χ4n) is 10.1. The van der Waals surface area contributed by atoms with Gasteiger partial charge in [-0.1, -0.05) is 191 Å². The Morgan fingerprint density at radius 1 is 0.254 bits per heavy atom. The molecule has 67 heavy (non-hydrogen) atoms. The van der Waals surface area contributed by atoms with E-state index in [-0.39, 0.29) is 5.41 Å². The lowest BCUT2D eigenvalue weighted by molar-refractivity contribution is 0.590. The Bertz CT molecular complexity index is 3260. The molecule has 0 radical (unpaired) electrons. The van der Waals surface area contributed by atoms with Crippen molar-refractivity contribution in [2.24, 2.45) is 0 Å². The van der Waals surface area contributed by atoms with Crippen LogP contribution in [0.5, 0.6) is 0 Å². The first-order valence-corrected chi connectivity index (χ1v) is 23.4. The number of nitrogens with zero attached hydrogens (tertiary/aromatic N) is 3. The van der Waals surface area contributed by atoms with Crippen molar-refractivity contribution in [3.05, 3.63) is 247 Å². The molecule has 0 unspecified atom stereocenters. The summed E-state index contributed by atoms with van der Waals surface area (Å²) in [5.74, 6) is 0. The summed E-state index contributed by atoms with van der Waals surface area (Å²) in [4.78, 5) is 7.48. The molecule has 0 aromatic heterocycles. The van der Waals surface area contributed by atoms with Crippen molar-refractivity contribution < 1.29 is 0 Å². The van der Waals surface area contributed by atoms with Gasteiger partial charge >= 0.3 is 0 Å². The SMILES string of the molecule is Cc1cccc(N(c2ccccc2)c2c3ccccc3c(N(c3ccc(C(C)(C)C)cc3)c3c4ccccc4c(N(c4ccccc4)c4cccc(C)c4)c4ccccc34)c3ccccc23)c1. The molecule has 0 N–H and O–H groups in total. The van der Waals surface area contributed by atoms with E-state index in [2.05, 4.69) is 280 Å². The van der Waals surface area contributed by atoms with Crippen LogP contribution in [0.2, 0.25) is 0 Å². The van der Waals surface area contributed by atoms with E-state index in [0.717, 1.165) is 94.3 Å². The third-order valence-corrected chi connectivity index (χ3v) is 13.2. The van der Waals surface area contributed by atoms with Gasteiger partial charge in [0.2, 0.25) is 0 Å². The smallest absolute Gasteiger partial charge is 0.0620 e. The molecule has 0 fully saturated rings. The zero-order valence-corrected chi connectivity index (χ0v) is 38.8. The number of para-hydroxylation sites is 2. The van der Waals surface area contributed by atoms with Gasteiger partial charge in [-0.25, -0.2) is 0 Å². The van der Waals surface area contributed by atoms with Crippen LogP contribution in [-0.4, -0.2) is 0 Å². The highest BCUT2D eigenvalue weighted by molar-refractivity contribution is 6.28. The Morgan fingerprint density at radius 2 is 0.522 bits per heavy atom. The van der Waals surface area contributed by atoms with Gasteiger partial charge in [0, 0.05) is 71.5 Å². The molecule has 0 aliphatic rings. The predicted octanol–water partition coefficient (Wildman–Crippen LogP) is 18.6. The van der Waals surface area contributed by atoms with Crippen molar-refractivity contribution in [2.75, 3.05) is 14.7 Å². The molecule has 0 saturated carbocycles. The second-order valence-electron chi connectivity index (χ2n) is 18.7. The van der Waals surface area contributed by atoms with Crippen LogP contribution in [0, 0.1) is 13.8 Å². The minimum atomic E-state index is -0.0151. The molecule has 3 heteroatoms. The van der Waals surface area contributed by atoms with E-state index in [4.69, 9.17) is 0 Å². The monoisotopic (exact) mass is 863 g/mol. The van der Waals surface area contributed by atoms with Gasteiger partial charge in [0.05, 0.1) is 22.7 Å². The second kappa shape index (κ2) is 17.0. The normalized spacial score (nSPS) is 11.7. The van der Waals surface area contributed by atoms with Gasteiger partial charge in [0.1, 0.15) is 0 Å². The zero-order chi connectivity index (χ0) is 45.6. The number of hydrogen-bond donors (Lipinski definition) is 0. The highest BCUT2D eigenvalue weighted by Gasteiger charge is 2.30. The number of benzene rings is 11. The standard InChI is InChI=1S/C64H53N3/c1-44-22-20-28-50(42-44)65(47-24-8-6-9-25-47)60-52-30-12-16-34-56(52)62(57-35-17-13-31-53(57)60)67(49-40-38-46(39-41-49)64(3,4)5)63-58-36-18-14-32-54(58)61(55-33-15-19-37-59(55)63)66(48-26-10-7-11-27-48)51-29-21-23-45(2)43-51/h6-43H,1-5H3. The summed E-state index contributed by atoms with van der Waals surface area (Å²) < 4.78 is 0. The maximum Gasteiger partial charge on any atom is 0.0620 e. The molecular weight excluding hydrogens is 811 g/mol. The molecule has 3 nitrogen and oxygen atoms in total. The molecule has 324 valence electrons. The van der Waals surface area contributed by atoms with E-state index >= 15 is 0 Å². The summed E-state index contributed by atoms with van der Waals surface area (Å²) in [6.45, 7) is 11.2. The molecule has 11 rings (SSSR count). The van der Waals surface area contributed by atoms with Crippen LogP contribution < -0.4 is 14.7 Å². The summed E-state index contributed by atoms with van der Waals surface area (Å²) in [5, 5.41) is 9.30. The van der Waals surface area contributed by atoms with Crippen molar-refractivity contribution >= 4 is 94.3 Å². The van der Waals surface area contributed by atoms with Crippen LogP contribution in [0.4, 0.5) is 51.2 Å². The summed E-state index contributed by atoms with van der Waals surface area (Å²) in [6.07, 6.45) is 0. The number of anilines is 9. The van der Waals surface area contributed by atoms with Crippen LogP contribution in [-0.2, 0) is 5.41 Å². The van der Waals surface area contributed by atoms with Gasteiger partial charge in [-0.05, 0) is 96.6 Å². The molecule has 0 saturated heterocycles. The number of rotatable bonds is 9. The summed E-state index contributed by atoms with van der Waals surface area (Å²) in [5.41, 5.74) is 13.8. The lowest BCUT2D eigenvalue weighted by Crippen LogP contribution is -2.17. The highest BCUT2D eigenvalue weighted by atomic mass is 15.2. The maximum absolute atomic E-state index is 2.58. The number of hydrogen-bond acceptors (Lipinski definition) is 3. The molecular formula is C64H53N3. The molecule has 0 heterocycles. The zero-order valence-electron chi connectivity index (χ0n) is 38.8. The Hall–Kier alpha value is -8.14. The minimum Gasteiger partial charge on any atom is -0.309 e. The van der Waals surface area contributed by atoms with Crippen LogP contribution in [0.15, 0.2) is 231 Å². The average molecular weight is 864 g/mol. The topological polar surface area (TPSA) is 9.72 Å². The molecule has 0 spiro atoms. The molecule has 0 aliphatic heterocycles. The van der Waals surface area contributed by atoms with Crippen LogP contribution in [0.3, 0.4) is 0 Å². The van der Waals surface area contributed by atoms with Gasteiger partial charge in [0.15, 0.2) is 0 Å². The van der Waals surface area contributed by atoms with Crippen LogP contribution >= 0.6 is 0 Å². The summed E-state index contributed by atoms with van der Waals surface area (Å²) in [6, 6.07) is 84.8. The largest absolute Gasteiger partial charge is 0.309 e. The highest BCUT2D eigenvalue weighted by Crippen LogP contribution is 2.55. The Morgan fingerprint density at radius 3 is 0.821 bits per heavy atom. The van der Waals surface area contributed by atoms with Crippen molar-refractivity contribution in [1.29, 1.82) is 0 Å². The minimum absolute atomic E-state index is 0.0151. The van der Waals surface area contributed by atoms with Gasteiger partial charge in [-0.3, -0.25) is 0 Å². The third kappa shape index (κ3) is 7.43. The van der Waals surface area contributed by atoms with Gasteiger partial charge < -0.3 is 14.7 Å². The first-order valence-electron chi connectivity index (χ1n) is 23.4. The summed E-state index contributed by atoms with van der Waals surface area (Å²) in [7, 11) is 0. The molecule has 0 bridgehead atoms. The maximum atomic E-state index is 2.58. The molecule has 11 aromatic rings. The van der Waals surface area contributed by atoms with E-state index in [1.807, 2.05) is 0 Å². The van der Waals surface area contributed by atoms with Gasteiger partial charge in [-0.2, -0.15) is 0 Å². The van der Waals surface area contributed by atoms with Crippen molar-refractivity contribution in [3.8, 4) is 0 Å². The second-order valence-corrected chi connectivity index (χ2v) is 18.7. The van der Waals surface area contributed by atoms with Crippen molar-refractivity contribution in [3.63, 3.8) is 0 Å². The van der Waals surface area contributed by atoms with Gasteiger partial charge in [0.25, 0.3) is 0 Å². The lowest BCUT2D eigenvalue weighted by Gasteiger charge is -2.35. The fraction of sp³-hybridized carbons (Fsp3) is 0.0938. The Labute approximate surface area is 394 Å². The molecule has 0 atom stereocenters. The van der Waals surface area contributed by atoms with Crippen LogP contribution in [0.1, 0.15) is 37.5 Å². The molecule has 0 aliphatic carbocycles. The quantitative estimate of drug-likeness (QED) is 0.106. The van der Waals surface area contributed by atoms with Crippen molar-refractivity contribution in [1.82, 2.24) is 0 Å². The average Bonchev–Trinajstić information content (AvgIpc) is 3.36. The Kier molecular flexibility index (Phi) is 10.6. The third-order valence-electron chi connectivity index (χ3n) is 13.2. The van der Waals surface area contributed by atoms with E-state index in [1.54, 1.807) is 0 Å².